The van der Waals surface area contributed by atoms with E-state index in [9.17, 15) is 9.59 Å². The number of benzene rings is 1. The van der Waals surface area contributed by atoms with Crippen molar-refractivity contribution in [2.24, 2.45) is 0 Å². The van der Waals surface area contributed by atoms with Crippen LogP contribution in [-0.4, -0.2) is 54.3 Å². The summed E-state index contributed by atoms with van der Waals surface area (Å²) in [6, 6.07) is 5.00. The summed E-state index contributed by atoms with van der Waals surface area (Å²) in [6.07, 6.45) is -0.851. The smallest absolute Gasteiger partial charge is 0.334 e. The number of rotatable bonds is 5. The van der Waals surface area contributed by atoms with E-state index in [2.05, 4.69) is 0 Å². The fourth-order valence-electron chi connectivity index (χ4n) is 2.03. The molecule has 1 N–H and O–H groups in total. The van der Waals surface area contributed by atoms with Crippen molar-refractivity contribution >= 4 is 35.1 Å². The van der Waals surface area contributed by atoms with Crippen molar-refractivity contribution < 1.29 is 24.2 Å². The molecule has 0 spiro atoms. The van der Waals surface area contributed by atoms with Crippen LogP contribution in [0.5, 0.6) is 5.75 Å². The Labute approximate surface area is 137 Å². The zero-order valence-corrected chi connectivity index (χ0v) is 13.1. The molecule has 8 heteroatoms. The van der Waals surface area contributed by atoms with E-state index in [0.29, 0.717) is 22.3 Å². The first-order chi connectivity index (χ1) is 10.5. The molecule has 0 unspecified atom stereocenters. The highest BCUT2D eigenvalue weighted by Gasteiger charge is 2.28. The minimum Gasteiger partial charge on any atom is -0.491 e. The summed E-state index contributed by atoms with van der Waals surface area (Å²) < 4.78 is 10.5. The lowest BCUT2D eigenvalue weighted by molar-refractivity contribution is -0.159. The SMILES string of the molecule is O=C(O)[C@H]1CN(C(=O)CCOc2cccc(Cl)c2Cl)CCO1. The van der Waals surface area contributed by atoms with Crippen LogP contribution in [0.3, 0.4) is 0 Å². The number of ether oxygens (including phenoxy) is 2. The van der Waals surface area contributed by atoms with Gasteiger partial charge in [-0.05, 0) is 12.1 Å². The van der Waals surface area contributed by atoms with Crippen LogP contribution in [0.2, 0.25) is 10.0 Å². The lowest BCUT2D eigenvalue weighted by Crippen LogP contribution is -2.48. The minimum absolute atomic E-state index is 0.0477. The normalized spacial score (nSPS) is 18.1. The first-order valence-corrected chi connectivity index (χ1v) is 7.43. The molecule has 0 bridgehead atoms. The number of halogens is 2. The Balaban J connectivity index is 1.82. The van der Waals surface area contributed by atoms with Crippen LogP contribution in [-0.2, 0) is 14.3 Å². The van der Waals surface area contributed by atoms with Crippen LogP contribution < -0.4 is 4.74 Å². The topological polar surface area (TPSA) is 76.1 Å². The summed E-state index contributed by atoms with van der Waals surface area (Å²) in [5.74, 6) is -0.848. The molecule has 22 heavy (non-hydrogen) atoms. The number of hydrogen-bond donors (Lipinski definition) is 1. The second-order valence-corrected chi connectivity index (χ2v) is 5.47. The lowest BCUT2D eigenvalue weighted by atomic mass is 10.2. The van der Waals surface area contributed by atoms with Gasteiger partial charge in [-0.15, -0.1) is 0 Å². The quantitative estimate of drug-likeness (QED) is 0.882. The largest absolute Gasteiger partial charge is 0.491 e. The molecule has 1 aliphatic heterocycles. The van der Waals surface area contributed by atoms with Crippen molar-refractivity contribution in [2.75, 3.05) is 26.3 Å². The molecule has 1 aliphatic rings. The standard InChI is InChI=1S/C14H15Cl2NO5/c15-9-2-1-3-10(13(9)16)21-6-4-12(18)17-5-7-22-11(8-17)14(19)20/h1-3,11H,4-8H2,(H,19,20)/t11-/m1/s1. The number of carboxylic acids is 1. The fourth-order valence-corrected chi connectivity index (χ4v) is 2.37. The summed E-state index contributed by atoms with van der Waals surface area (Å²) in [7, 11) is 0. The highest BCUT2D eigenvalue weighted by atomic mass is 35.5. The number of hydrogen-bond acceptors (Lipinski definition) is 4. The summed E-state index contributed by atoms with van der Waals surface area (Å²) in [4.78, 5) is 24.4. The third-order valence-corrected chi connectivity index (χ3v) is 3.99. The average Bonchev–Trinajstić information content (AvgIpc) is 2.51. The van der Waals surface area contributed by atoms with Crippen LogP contribution in [0.25, 0.3) is 0 Å². The zero-order valence-electron chi connectivity index (χ0n) is 11.6. The van der Waals surface area contributed by atoms with E-state index in [1.54, 1.807) is 18.2 Å². The molecule has 0 aliphatic carbocycles. The van der Waals surface area contributed by atoms with Gasteiger partial charge in [0.25, 0.3) is 0 Å². The fraction of sp³-hybridized carbons (Fsp3) is 0.429. The molecule has 1 amide bonds. The molecule has 0 aromatic heterocycles. The van der Waals surface area contributed by atoms with Gasteiger partial charge in [-0.25, -0.2) is 4.79 Å². The van der Waals surface area contributed by atoms with Gasteiger partial charge in [0.2, 0.25) is 5.91 Å². The van der Waals surface area contributed by atoms with Crippen LogP contribution >= 0.6 is 23.2 Å². The average molecular weight is 348 g/mol. The summed E-state index contributed by atoms with van der Waals surface area (Å²) in [5, 5.41) is 9.58. The predicted molar refractivity (Wildman–Crippen MR) is 80.5 cm³/mol. The van der Waals surface area contributed by atoms with Crippen LogP contribution in [0.1, 0.15) is 6.42 Å². The maximum absolute atomic E-state index is 12.0. The molecule has 2 rings (SSSR count). The highest BCUT2D eigenvalue weighted by Crippen LogP contribution is 2.31. The molecule has 1 fully saturated rings. The van der Waals surface area contributed by atoms with Crippen LogP contribution in [0.15, 0.2) is 18.2 Å². The molecular formula is C14H15Cl2NO5. The molecule has 120 valence electrons. The number of aliphatic carboxylic acids is 1. The van der Waals surface area contributed by atoms with E-state index in [-0.39, 0.29) is 32.1 Å². The molecule has 1 atom stereocenters. The van der Waals surface area contributed by atoms with E-state index < -0.39 is 12.1 Å². The number of amides is 1. The van der Waals surface area contributed by atoms with Crippen molar-refractivity contribution in [1.29, 1.82) is 0 Å². The Hall–Kier alpha value is -1.50. The van der Waals surface area contributed by atoms with Crippen molar-refractivity contribution in [1.82, 2.24) is 4.90 Å². The molecule has 1 aromatic carbocycles. The summed E-state index contributed by atoms with van der Waals surface area (Å²) >= 11 is 11.8. The van der Waals surface area contributed by atoms with Gasteiger partial charge in [-0.3, -0.25) is 4.79 Å². The first-order valence-electron chi connectivity index (χ1n) is 6.68. The maximum Gasteiger partial charge on any atom is 0.334 e. The Kier molecular flexibility index (Phi) is 5.88. The highest BCUT2D eigenvalue weighted by molar-refractivity contribution is 6.42. The Morgan fingerprint density at radius 2 is 2.18 bits per heavy atom. The summed E-state index contributed by atoms with van der Waals surface area (Å²) in [5.41, 5.74) is 0. The minimum atomic E-state index is -1.07. The van der Waals surface area contributed by atoms with Crippen LogP contribution in [0, 0.1) is 0 Å². The Morgan fingerprint density at radius 1 is 1.41 bits per heavy atom. The Bertz CT molecular complexity index is 566. The van der Waals surface area contributed by atoms with Gasteiger partial charge < -0.3 is 19.5 Å². The van der Waals surface area contributed by atoms with Gasteiger partial charge in [0, 0.05) is 6.54 Å². The van der Waals surface area contributed by atoms with E-state index in [4.69, 9.17) is 37.8 Å². The maximum atomic E-state index is 12.0. The second-order valence-electron chi connectivity index (χ2n) is 4.69. The lowest BCUT2D eigenvalue weighted by Gasteiger charge is -2.30. The third-order valence-electron chi connectivity index (χ3n) is 3.18. The second kappa shape index (κ2) is 7.67. The van der Waals surface area contributed by atoms with E-state index in [1.807, 2.05) is 0 Å². The van der Waals surface area contributed by atoms with E-state index >= 15 is 0 Å². The van der Waals surface area contributed by atoms with Gasteiger partial charge in [-0.2, -0.15) is 0 Å². The third kappa shape index (κ3) is 4.25. The molecular weight excluding hydrogens is 333 g/mol. The molecule has 1 saturated heterocycles. The van der Waals surface area contributed by atoms with Crippen molar-refractivity contribution in [3.05, 3.63) is 28.2 Å². The van der Waals surface area contributed by atoms with Crippen molar-refractivity contribution in [3.8, 4) is 5.75 Å². The van der Waals surface area contributed by atoms with Gasteiger partial charge in [-0.1, -0.05) is 29.3 Å². The predicted octanol–water partition coefficient (Wildman–Crippen LogP) is 2.07. The van der Waals surface area contributed by atoms with Crippen molar-refractivity contribution in [2.45, 2.75) is 12.5 Å². The van der Waals surface area contributed by atoms with E-state index in [0.717, 1.165) is 0 Å². The van der Waals surface area contributed by atoms with Gasteiger partial charge in [0.15, 0.2) is 6.10 Å². The number of carbonyl (C=O) groups excluding carboxylic acids is 1. The molecule has 0 radical (unpaired) electrons. The van der Waals surface area contributed by atoms with Gasteiger partial charge in [0.05, 0.1) is 31.2 Å². The van der Waals surface area contributed by atoms with Crippen molar-refractivity contribution in [3.63, 3.8) is 0 Å². The molecule has 1 heterocycles. The molecule has 1 aromatic rings. The molecule has 0 saturated carbocycles. The zero-order chi connectivity index (χ0) is 16.1. The Morgan fingerprint density at radius 3 is 2.91 bits per heavy atom. The first kappa shape index (κ1) is 16.9. The monoisotopic (exact) mass is 347 g/mol. The number of nitrogens with zero attached hydrogens (tertiary/aromatic N) is 1. The van der Waals surface area contributed by atoms with E-state index in [1.165, 1.54) is 4.90 Å². The summed E-state index contributed by atoms with van der Waals surface area (Å²) in [6.45, 7) is 0.768. The number of morpholine rings is 1. The number of carbonyl (C=O) groups is 2. The molecule has 6 nitrogen and oxygen atoms in total. The number of carboxylic acid groups (broad SMARTS) is 1. The van der Waals surface area contributed by atoms with Gasteiger partial charge >= 0.3 is 5.97 Å². The van der Waals surface area contributed by atoms with Crippen LogP contribution in [0.4, 0.5) is 0 Å². The van der Waals surface area contributed by atoms with Gasteiger partial charge in [0.1, 0.15) is 10.8 Å².